The Balaban J connectivity index is 2.57. The lowest BCUT2D eigenvalue weighted by Crippen LogP contribution is -2.53. The molecule has 0 aromatic carbocycles. The third-order valence-corrected chi connectivity index (χ3v) is 4.02. The van der Waals surface area contributed by atoms with Crippen molar-refractivity contribution in [2.45, 2.75) is 57.7 Å². The van der Waals surface area contributed by atoms with Crippen molar-refractivity contribution in [3.8, 4) is 0 Å². The highest BCUT2D eigenvalue weighted by molar-refractivity contribution is 5.83. The van der Waals surface area contributed by atoms with Crippen molar-refractivity contribution >= 4 is 11.9 Å². The van der Waals surface area contributed by atoms with Crippen LogP contribution in [0, 0.1) is 0 Å². The van der Waals surface area contributed by atoms with Gasteiger partial charge in [-0.05, 0) is 26.2 Å². The summed E-state index contributed by atoms with van der Waals surface area (Å²) in [6.07, 6.45) is 2.17. The van der Waals surface area contributed by atoms with E-state index in [1.54, 1.807) is 6.92 Å². The highest BCUT2D eigenvalue weighted by Gasteiger charge is 2.43. The Morgan fingerprint density at radius 1 is 1.42 bits per heavy atom. The van der Waals surface area contributed by atoms with E-state index >= 15 is 0 Å². The molecule has 0 aliphatic carbocycles. The monoisotopic (exact) mass is 271 g/mol. The van der Waals surface area contributed by atoms with Gasteiger partial charge in [-0.1, -0.05) is 13.8 Å². The lowest BCUT2D eigenvalue weighted by Gasteiger charge is -2.26. The van der Waals surface area contributed by atoms with E-state index in [-0.39, 0.29) is 24.5 Å². The quantitative estimate of drug-likeness (QED) is 0.640. The molecule has 0 radical (unpaired) electrons. The molecular weight excluding hydrogens is 246 g/mol. The Morgan fingerprint density at radius 2 is 2.00 bits per heavy atom. The lowest BCUT2D eigenvalue weighted by atomic mass is 10.0. The van der Waals surface area contributed by atoms with Crippen molar-refractivity contribution in [2.24, 2.45) is 5.73 Å². The molecule has 6 nitrogen and oxygen atoms in total. The molecule has 2 atom stereocenters. The first-order valence-electron chi connectivity index (χ1n) is 6.90. The zero-order valence-electron chi connectivity index (χ0n) is 12.0. The average Bonchev–Trinajstić information content (AvgIpc) is 2.78. The number of carboxylic acid groups (broad SMARTS) is 1. The molecule has 110 valence electrons. The van der Waals surface area contributed by atoms with Crippen molar-refractivity contribution in [3.05, 3.63) is 0 Å². The fraction of sp³-hybridized carbons (Fsp3) is 0.846. The first-order chi connectivity index (χ1) is 8.84. The number of nitrogens with two attached hydrogens (primary N) is 1. The van der Waals surface area contributed by atoms with E-state index in [0.717, 1.165) is 12.8 Å². The van der Waals surface area contributed by atoms with Crippen molar-refractivity contribution in [2.75, 3.05) is 13.1 Å². The largest absolute Gasteiger partial charge is 0.480 e. The van der Waals surface area contributed by atoms with Gasteiger partial charge in [-0.2, -0.15) is 0 Å². The molecule has 1 heterocycles. The Labute approximate surface area is 114 Å². The second-order valence-electron chi connectivity index (χ2n) is 5.38. The maximum atomic E-state index is 12.1. The molecule has 2 unspecified atom stereocenters. The normalized spacial score (nSPS) is 25.5. The summed E-state index contributed by atoms with van der Waals surface area (Å²) in [4.78, 5) is 25.0. The Kier molecular flexibility index (Phi) is 5.31. The molecular formula is C13H25N3O3. The van der Waals surface area contributed by atoms with Crippen LogP contribution in [0.15, 0.2) is 0 Å². The molecule has 19 heavy (non-hydrogen) atoms. The Morgan fingerprint density at radius 3 is 2.42 bits per heavy atom. The minimum Gasteiger partial charge on any atom is -0.480 e. The minimum absolute atomic E-state index is 0.0525. The van der Waals surface area contributed by atoms with Gasteiger partial charge in [0.1, 0.15) is 5.54 Å². The summed E-state index contributed by atoms with van der Waals surface area (Å²) in [6.45, 7) is 6.63. The van der Waals surface area contributed by atoms with Gasteiger partial charge in [0.05, 0.1) is 6.04 Å². The van der Waals surface area contributed by atoms with Gasteiger partial charge in [0, 0.05) is 19.1 Å². The van der Waals surface area contributed by atoms with Crippen molar-refractivity contribution in [1.29, 1.82) is 0 Å². The van der Waals surface area contributed by atoms with Crippen LogP contribution in [0.1, 0.15) is 40.0 Å². The molecule has 1 aliphatic heterocycles. The maximum absolute atomic E-state index is 12.1. The van der Waals surface area contributed by atoms with Gasteiger partial charge in [-0.15, -0.1) is 0 Å². The number of amides is 1. The predicted molar refractivity (Wildman–Crippen MR) is 72.7 cm³/mol. The number of hydrogen-bond donors (Lipinski definition) is 3. The van der Waals surface area contributed by atoms with Crippen LogP contribution in [-0.4, -0.2) is 52.6 Å². The number of aliphatic carboxylic acids is 1. The van der Waals surface area contributed by atoms with Gasteiger partial charge >= 0.3 is 5.97 Å². The third kappa shape index (κ3) is 3.67. The molecule has 1 rings (SSSR count). The summed E-state index contributed by atoms with van der Waals surface area (Å²) in [5, 5.41) is 12.1. The van der Waals surface area contributed by atoms with E-state index in [1.807, 2.05) is 18.7 Å². The van der Waals surface area contributed by atoms with Crippen LogP contribution >= 0.6 is 0 Å². The number of likely N-dealkylation sites (tertiary alicyclic amines) is 1. The topological polar surface area (TPSA) is 95.7 Å². The summed E-state index contributed by atoms with van der Waals surface area (Å²) in [6, 6.07) is -0.162. The maximum Gasteiger partial charge on any atom is 0.325 e. The van der Waals surface area contributed by atoms with Gasteiger partial charge in [-0.3, -0.25) is 14.5 Å². The van der Waals surface area contributed by atoms with Gasteiger partial charge < -0.3 is 16.2 Å². The molecule has 4 N–H and O–H groups in total. The predicted octanol–water partition coefficient (Wildman–Crippen LogP) is 0.168. The SMILES string of the molecule is CCC(CC)NC(=O)C(C)N1CCC(N)(C(=O)O)C1. The highest BCUT2D eigenvalue weighted by Crippen LogP contribution is 2.21. The highest BCUT2D eigenvalue weighted by atomic mass is 16.4. The molecule has 1 amide bonds. The molecule has 0 aromatic heterocycles. The molecule has 1 fully saturated rings. The van der Waals surface area contributed by atoms with E-state index in [2.05, 4.69) is 5.32 Å². The average molecular weight is 271 g/mol. The second-order valence-corrected chi connectivity index (χ2v) is 5.38. The van der Waals surface area contributed by atoms with Crippen molar-refractivity contribution in [3.63, 3.8) is 0 Å². The van der Waals surface area contributed by atoms with Crippen LogP contribution in [0.3, 0.4) is 0 Å². The Hall–Kier alpha value is -1.14. The second kappa shape index (κ2) is 6.34. The number of nitrogens with one attached hydrogen (secondary N) is 1. The number of nitrogens with zero attached hydrogens (tertiary/aromatic N) is 1. The molecule has 0 saturated carbocycles. The van der Waals surface area contributed by atoms with Gasteiger partial charge in [0.15, 0.2) is 0 Å². The first-order valence-corrected chi connectivity index (χ1v) is 6.90. The number of rotatable bonds is 6. The number of carbonyl (C=O) groups is 2. The van der Waals surface area contributed by atoms with Gasteiger partial charge in [0.2, 0.25) is 5.91 Å². The van der Waals surface area contributed by atoms with Crippen molar-refractivity contribution < 1.29 is 14.7 Å². The van der Waals surface area contributed by atoms with Gasteiger partial charge in [0.25, 0.3) is 0 Å². The van der Waals surface area contributed by atoms with Crippen LogP contribution in [0.5, 0.6) is 0 Å². The molecule has 0 bridgehead atoms. The van der Waals surface area contributed by atoms with Crippen LogP contribution in [0.25, 0.3) is 0 Å². The number of carboxylic acids is 1. The summed E-state index contributed by atoms with van der Waals surface area (Å²) >= 11 is 0. The van der Waals surface area contributed by atoms with Crippen LogP contribution in [0.4, 0.5) is 0 Å². The van der Waals surface area contributed by atoms with Crippen LogP contribution in [-0.2, 0) is 9.59 Å². The zero-order chi connectivity index (χ0) is 14.6. The number of hydrogen-bond acceptors (Lipinski definition) is 4. The van der Waals surface area contributed by atoms with E-state index in [1.165, 1.54) is 0 Å². The van der Waals surface area contributed by atoms with Crippen molar-refractivity contribution in [1.82, 2.24) is 10.2 Å². The van der Waals surface area contributed by atoms with Crippen LogP contribution in [0.2, 0.25) is 0 Å². The van der Waals surface area contributed by atoms with E-state index in [0.29, 0.717) is 13.0 Å². The molecule has 0 aromatic rings. The first kappa shape index (κ1) is 15.9. The summed E-state index contributed by atoms with van der Waals surface area (Å²) in [7, 11) is 0. The van der Waals surface area contributed by atoms with Gasteiger partial charge in [-0.25, -0.2) is 0 Å². The summed E-state index contributed by atoms with van der Waals surface area (Å²) in [5.74, 6) is -1.05. The van der Waals surface area contributed by atoms with E-state index in [4.69, 9.17) is 10.8 Å². The lowest BCUT2D eigenvalue weighted by molar-refractivity contribution is -0.143. The third-order valence-electron chi connectivity index (χ3n) is 4.02. The fourth-order valence-corrected chi connectivity index (χ4v) is 2.35. The van der Waals surface area contributed by atoms with Crippen LogP contribution < -0.4 is 11.1 Å². The molecule has 1 saturated heterocycles. The smallest absolute Gasteiger partial charge is 0.325 e. The van der Waals surface area contributed by atoms with E-state index < -0.39 is 11.5 Å². The fourth-order valence-electron chi connectivity index (χ4n) is 2.35. The number of carbonyl (C=O) groups excluding carboxylic acids is 1. The standard InChI is InChI=1S/C13H25N3O3/c1-4-10(5-2)15-11(17)9(3)16-7-6-13(14,8-16)12(18)19/h9-10H,4-8,14H2,1-3H3,(H,15,17)(H,18,19). The molecule has 6 heteroatoms. The Bertz CT molecular complexity index is 344. The summed E-state index contributed by atoms with van der Waals surface area (Å²) < 4.78 is 0. The minimum atomic E-state index is -1.22. The zero-order valence-corrected chi connectivity index (χ0v) is 12.0. The molecule has 1 aliphatic rings. The molecule has 0 spiro atoms. The van der Waals surface area contributed by atoms with E-state index in [9.17, 15) is 9.59 Å². The summed E-state index contributed by atoms with van der Waals surface area (Å²) in [5.41, 5.74) is 4.59.